The molecule has 0 radical (unpaired) electrons. The zero-order chi connectivity index (χ0) is 19.6. The molecule has 1 atom stereocenters. The van der Waals surface area contributed by atoms with Gasteiger partial charge in [0, 0.05) is 24.4 Å². The van der Waals surface area contributed by atoms with Gasteiger partial charge in [-0.25, -0.2) is 0 Å². The molecule has 5 nitrogen and oxygen atoms in total. The minimum atomic E-state index is -0.0997. The average molecular weight is 363 g/mol. The van der Waals surface area contributed by atoms with Gasteiger partial charge in [0.25, 0.3) is 5.91 Å². The molecule has 3 aromatic rings. The number of ether oxygens (including phenoxy) is 1. The zero-order valence-corrected chi connectivity index (χ0v) is 16.4. The number of aromatic nitrogens is 2. The van der Waals surface area contributed by atoms with Crippen LogP contribution in [-0.4, -0.2) is 22.8 Å². The van der Waals surface area contributed by atoms with Gasteiger partial charge in [0.2, 0.25) is 0 Å². The molecule has 0 saturated heterocycles. The van der Waals surface area contributed by atoms with E-state index < -0.39 is 0 Å². The van der Waals surface area contributed by atoms with Gasteiger partial charge in [0.1, 0.15) is 5.75 Å². The Morgan fingerprint density at radius 1 is 1.15 bits per heavy atom. The highest BCUT2D eigenvalue weighted by molar-refractivity contribution is 5.95. The monoisotopic (exact) mass is 363 g/mol. The molecular weight excluding hydrogens is 338 g/mol. The summed E-state index contributed by atoms with van der Waals surface area (Å²) in [4.78, 5) is 12.5. The minimum absolute atomic E-state index is 0.0967. The summed E-state index contributed by atoms with van der Waals surface area (Å²) >= 11 is 0. The number of hydrogen-bond acceptors (Lipinski definition) is 3. The number of amides is 1. The molecule has 0 aliphatic carbocycles. The van der Waals surface area contributed by atoms with Crippen LogP contribution in [0.25, 0.3) is 11.1 Å². The molecule has 0 bridgehead atoms. The van der Waals surface area contributed by atoms with Crippen LogP contribution in [0.1, 0.15) is 40.0 Å². The predicted molar refractivity (Wildman–Crippen MR) is 107 cm³/mol. The van der Waals surface area contributed by atoms with Crippen molar-refractivity contribution in [3.05, 3.63) is 71.0 Å². The maximum atomic E-state index is 12.5. The third kappa shape index (κ3) is 4.03. The SMILES string of the molecule is COc1cc(C)c(-c2ccc(C(=O)NC(C)c3cnn(C)c3)cc2)cc1C. The van der Waals surface area contributed by atoms with Crippen molar-refractivity contribution in [2.45, 2.75) is 26.8 Å². The number of nitrogens with zero attached hydrogens (tertiary/aromatic N) is 2. The summed E-state index contributed by atoms with van der Waals surface area (Å²) in [6.07, 6.45) is 3.67. The number of nitrogens with one attached hydrogen (secondary N) is 1. The van der Waals surface area contributed by atoms with E-state index in [0.717, 1.165) is 33.6 Å². The van der Waals surface area contributed by atoms with Crippen LogP contribution < -0.4 is 10.1 Å². The van der Waals surface area contributed by atoms with Gasteiger partial charge in [0.05, 0.1) is 19.3 Å². The summed E-state index contributed by atoms with van der Waals surface area (Å²) in [5, 5.41) is 7.16. The van der Waals surface area contributed by atoms with E-state index in [-0.39, 0.29) is 11.9 Å². The van der Waals surface area contributed by atoms with Gasteiger partial charge in [-0.05, 0) is 67.3 Å². The second-order valence-electron chi connectivity index (χ2n) is 6.86. The number of benzene rings is 2. The molecule has 1 aromatic heterocycles. The Labute approximate surface area is 160 Å². The smallest absolute Gasteiger partial charge is 0.251 e. The van der Waals surface area contributed by atoms with Crippen LogP contribution in [-0.2, 0) is 7.05 Å². The molecule has 1 N–H and O–H groups in total. The zero-order valence-electron chi connectivity index (χ0n) is 16.4. The Balaban J connectivity index is 1.77. The molecule has 2 aromatic carbocycles. The first-order valence-corrected chi connectivity index (χ1v) is 8.94. The lowest BCUT2D eigenvalue weighted by Gasteiger charge is -2.14. The van der Waals surface area contributed by atoms with Crippen LogP contribution in [0.15, 0.2) is 48.8 Å². The van der Waals surface area contributed by atoms with Gasteiger partial charge >= 0.3 is 0 Å². The average Bonchev–Trinajstić information content (AvgIpc) is 3.10. The van der Waals surface area contributed by atoms with Crippen LogP contribution in [0.3, 0.4) is 0 Å². The highest BCUT2D eigenvalue weighted by Gasteiger charge is 2.13. The molecular formula is C22H25N3O2. The van der Waals surface area contributed by atoms with Crippen LogP contribution in [0.2, 0.25) is 0 Å². The van der Waals surface area contributed by atoms with Crippen molar-refractivity contribution in [1.82, 2.24) is 15.1 Å². The minimum Gasteiger partial charge on any atom is -0.496 e. The normalized spacial score (nSPS) is 11.9. The number of hydrogen-bond donors (Lipinski definition) is 1. The Kier molecular flexibility index (Phi) is 5.31. The Morgan fingerprint density at radius 2 is 1.85 bits per heavy atom. The van der Waals surface area contributed by atoms with E-state index in [0.29, 0.717) is 5.56 Å². The standard InChI is InChI=1S/C22H25N3O2/c1-14-11-21(27-5)15(2)10-20(14)17-6-8-18(9-7-17)22(26)24-16(3)19-12-23-25(4)13-19/h6-13,16H,1-5H3,(H,24,26). The van der Waals surface area contributed by atoms with Crippen molar-refractivity contribution in [2.24, 2.45) is 7.05 Å². The molecule has 27 heavy (non-hydrogen) atoms. The Morgan fingerprint density at radius 3 is 2.44 bits per heavy atom. The second kappa shape index (κ2) is 7.66. The summed E-state index contributed by atoms with van der Waals surface area (Å²) < 4.78 is 7.11. The number of carbonyl (C=O) groups excluding carboxylic acids is 1. The highest BCUT2D eigenvalue weighted by atomic mass is 16.5. The van der Waals surface area contributed by atoms with Crippen molar-refractivity contribution >= 4 is 5.91 Å². The van der Waals surface area contributed by atoms with E-state index in [1.54, 1.807) is 18.0 Å². The fourth-order valence-corrected chi connectivity index (χ4v) is 3.15. The summed E-state index contributed by atoms with van der Waals surface area (Å²) in [5.41, 5.74) is 6.06. The first kappa shape index (κ1) is 18.7. The highest BCUT2D eigenvalue weighted by Crippen LogP contribution is 2.30. The molecule has 1 heterocycles. The molecule has 3 rings (SSSR count). The second-order valence-corrected chi connectivity index (χ2v) is 6.86. The van der Waals surface area contributed by atoms with Crippen molar-refractivity contribution < 1.29 is 9.53 Å². The molecule has 1 amide bonds. The molecule has 0 fully saturated rings. The molecule has 0 saturated carbocycles. The van der Waals surface area contributed by atoms with Crippen molar-refractivity contribution in [2.75, 3.05) is 7.11 Å². The van der Waals surface area contributed by atoms with Gasteiger partial charge in [0.15, 0.2) is 0 Å². The van der Waals surface area contributed by atoms with Crippen LogP contribution in [0, 0.1) is 13.8 Å². The predicted octanol–water partition coefficient (Wildman–Crippen LogP) is 4.20. The lowest BCUT2D eigenvalue weighted by atomic mass is 9.97. The third-order valence-electron chi connectivity index (χ3n) is 4.77. The molecule has 0 aliphatic rings. The van der Waals surface area contributed by atoms with Crippen LogP contribution in [0.4, 0.5) is 0 Å². The van der Waals surface area contributed by atoms with Crippen molar-refractivity contribution in [3.63, 3.8) is 0 Å². The number of aryl methyl sites for hydroxylation is 3. The summed E-state index contributed by atoms with van der Waals surface area (Å²) in [6.45, 7) is 6.05. The van der Waals surface area contributed by atoms with E-state index in [2.05, 4.69) is 23.4 Å². The Hall–Kier alpha value is -3.08. The first-order chi connectivity index (χ1) is 12.9. The fraction of sp³-hybridized carbons (Fsp3) is 0.273. The van der Waals surface area contributed by atoms with Gasteiger partial charge in [-0.2, -0.15) is 5.10 Å². The van der Waals surface area contributed by atoms with E-state index in [1.807, 2.05) is 57.4 Å². The summed E-state index contributed by atoms with van der Waals surface area (Å²) in [5.74, 6) is 0.789. The summed E-state index contributed by atoms with van der Waals surface area (Å²) in [7, 11) is 3.54. The molecule has 0 spiro atoms. The first-order valence-electron chi connectivity index (χ1n) is 8.94. The molecule has 5 heteroatoms. The quantitative estimate of drug-likeness (QED) is 0.739. The van der Waals surface area contributed by atoms with E-state index in [9.17, 15) is 4.79 Å². The Bertz CT molecular complexity index is 958. The summed E-state index contributed by atoms with van der Waals surface area (Å²) in [6, 6.07) is 11.8. The van der Waals surface area contributed by atoms with Crippen molar-refractivity contribution in [1.29, 1.82) is 0 Å². The number of carbonyl (C=O) groups is 1. The van der Waals surface area contributed by atoms with E-state index >= 15 is 0 Å². The van der Waals surface area contributed by atoms with Gasteiger partial charge in [-0.1, -0.05) is 12.1 Å². The number of rotatable bonds is 5. The molecule has 0 aliphatic heterocycles. The largest absolute Gasteiger partial charge is 0.496 e. The van der Waals surface area contributed by atoms with E-state index in [1.165, 1.54) is 0 Å². The van der Waals surface area contributed by atoms with Crippen LogP contribution in [0.5, 0.6) is 5.75 Å². The van der Waals surface area contributed by atoms with Crippen molar-refractivity contribution in [3.8, 4) is 16.9 Å². The molecule has 140 valence electrons. The fourth-order valence-electron chi connectivity index (χ4n) is 3.15. The molecule has 1 unspecified atom stereocenters. The third-order valence-corrected chi connectivity index (χ3v) is 4.77. The van der Waals surface area contributed by atoms with E-state index in [4.69, 9.17) is 4.74 Å². The topological polar surface area (TPSA) is 56.1 Å². The van der Waals surface area contributed by atoms with Crippen LogP contribution >= 0.6 is 0 Å². The van der Waals surface area contributed by atoms with Gasteiger partial charge in [-0.3, -0.25) is 9.48 Å². The maximum Gasteiger partial charge on any atom is 0.251 e. The maximum absolute atomic E-state index is 12.5. The van der Waals surface area contributed by atoms with Gasteiger partial charge in [-0.15, -0.1) is 0 Å². The van der Waals surface area contributed by atoms with Gasteiger partial charge < -0.3 is 10.1 Å². The lowest BCUT2D eigenvalue weighted by Crippen LogP contribution is -2.26. The number of methoxy groups -OCH3 is 1. The lowest BCUT2D eigenvalue weighted by molar-refractivity contribution is 0.0940.